The summed E-state index contributed by atoms with van der Waals surface area (Å²) in [4.78, 5) is 24.5. The average Bonchev–Trinajstić information content (AvgIpc) is 3.03. The Morgan fingerprint density at radius 3 is 2.91 bits per heavy atom. The number of rotatable bonds is 4. The lowest BCUT2D eigenvalue weighted by molar-refractivity contribution is -0.120. The highest BCUT2D eigenvalue weighted by molar-refractivity contribution is 6.01. The van der Waals surface area contributed by atoms with E-state index >= 15 is 0 Å². The molecule has 7 heteroatoms. The Morgan fingerprint density at radius 2 is 2.09 bits per heavy atom. The molecule has 1 aliphatic rings. The van der Waals surface area contributed by atoms with Gasteiger partial charge in [0.05, 0.1) is 29.2 Å². The number of hydrogen-bond donors (Lipinski definition) is 2. The number of fused-ring (bicyclic) bond motifs is 1. The van der Waals surface area contributed by atoms with Gasteiger partial charge in [-0.3, -0.25) is 4.79 Å². The lowest BCUT2D eigenvalue weighted by Gasteiger charge is -2.20. The van der Waals surface area contributed by atoms with E-state index in [0.717, 1.165) is 17.8 Å². The molecule has 3 rings (SSSR count). The van der Waals surface area contributed by atoms with Crippen molar-refractivity contribution in [1.82, 2.24) is 15.4 Å². The highest BCUT2D eigenvalue weighted by Gasteiger charge is 2.28. The van der Waals surface area contributed by atoms with Gasteiger partial charge in [0.15, 0.2) is 0 Å². The number of para-hydroxylation sites is 1. The van der Waals surface area contributed by atoms with Gasteiger partial charge < -0.3 is 10.1 Å². The van der Waals surface area contributed by atoms with Gasteiger partial charge in [-0.05, 0) is 31.9 Å². The van der Waals surface area contributed by atoms with E-state index in [4.69, 9.17) is 4.74 Å². The second kappa shape index (κ2) is 6.60. The van der Waals surface area contributed by atoms with Gasteiger partial charge >= 0.3 is 5.97 Å². The number of anilines is 1. The number of amides is 1. The van der Waals surface area contributed by atoms with E-state index in [1.54, 1.807) is 31.2 Å². The van der Waals surface area contributed by atoms with Crippen LogP contribution >= 0.6 is 0 Å². The monoisotopic (exact) mass is 314 g/mol. The number of hydrogen-bond acceptors (Lipinski definition) is 5. The Balaban J connectivity index is 1.73. The first-order valence-corrected chi connectivity index (χ1v) is 7.64. The summed E-state index contributed by atoms with van der Waals surface area (Å²) < 4.78 is 5.02. The number of benzene rings is 1. The standard InChI is InChI=1S/C16H18N4O3/c1-2-23-16(22)11-5-3-4-6-12(11)17-15(21)10-7-8-13-14(9-10)19-20-18-13/h3-6,10H,2,7-9H2,1H3,(H,17,21)(H,18,19,20). The normalized spacial score (nSPS) is 16.5. The lowest BCUT2D eigenvalue weighted by Crippen LogP contribution is -2.29. The van der Waals surface area contributed by atoms with Crippen LogP contribution in [0.3, 0.4) is 0 Å². The Hall–Kier alpha value is -2.70. The van der Waals surface area contributed by atoms with Crippen LogP contribution in [0.1, 0.15) is 35.1 Å². The van der Waals surface area contributed by atoms with E-state index in [9.17, 15) is 9.59 Å². The molecular weight excluding hydrogens is 296 g/mol. The summed E-state index contributed by atoms with van der Waals surface area (Å²) >= 11 is 0. The van der Waals surface area contributed by atoms with Crippen LogP contribution in [0.5, 0.6) is 0 Å². The van der Waals surface area contributed by atoms with Gasteiger partial charge in [-0.15, -0.1) is 0 Å². The molecule has 2 N–H and O–H groups in total. The van der Waals surface area contributed by atoms with Gasteiger partial charge in [0.25, 0.3) is 0 Å². The second-order valence-electron chi connectivity index (χ2n) is 5.41. The summed E-state index contributed by atoms with van der Waals surface area (Å²) in [5.74, 6) is -0.732. The Labute approximate surface area is 133 Å². The minimum Gasteiger partial charge on any atom is -0.462 e. The molecule has 0 aliphatic heterocycles. The molecule has 0 spiro atoms. The lowest BCUT2D eigenvalue weighted by atomic mass is 9.89. The number of esters is 1. The van der Waals surface area contributed by atoms with Gasteiger partial charge in [-0.1, -0.05) is 12.1 Å². The first-order valence-electron chi connectivity index (χ1n) is 7.64. The van der Waals surface area contributed by atoms with Crippen molar-refractivity contribution < 1.29 is 14.3 Å². The molecule has 2 aromatic rings. The van der Waals surface area contributed by atoms with Crippen molar-refractivity contribution in [1.29, 1.82) is 0 Å². The number of aromatic amines is 1. The van der Waals surface area contributed by atoms with Crippen LogP contribution in [0.4, 0.5) is 5.69 Å². The Kier molecular flexibility index (Phi) is 4.36. The van der Waals surface area contributed by atoms with Gasteiger partial charge in [-0.2, -0.15) is 15.4 Å². The van der Waals surface area contributed by atoms with Gasteiger partial charge in [-0.25, -0.2) is 4.79 Å². The second-order valence-corrected chi connectivity index (χ2v) is 5.41. The SMILES string of the molecule is CCOC(=O)c1ccccc1NC(=O)C1CCc2n[nH]nc2C1. The molecule has 23 heavy (non-hydrogen) atoms. The smallest absolute Gasteiger partial charge is 0.340 e. The maximum absolute atomic E-state index is 12.5. The zero-order valence-corrected chi connectivity index (χ0v) is 12.8. The first kappa shape index (κ1) is 15.2. The molecule has 1 atom stereocenters. The predicted octanol–water partition coefficient (Wildman–Crippen LogP) is 1.72. The van der Waals surface area contributed by atoms with Gasteiger partial charge in [0, 0.05) is 12.3 Å². The predicted molar refractivity (Wildman–Crippen MR) is 82.9 cm³/mol. The van der Waals surface area contributed by atoms with Crippen LogP contribution in [0.15, 0.2) is 24.3 Å². The summed E-state index contributed by atoms with van der Waals surface area (Å²) in [6.07, 6.45) is 2.00. The topological polar surface area (TPSA) is 97.0 Å². The fraction of sp³-hybridized carbons (Fsp3) is 0.375. The summed E-state index contributed by atoms with van der Waals surface area (Å²) in [5.41, 5.74) is 2.61. The fourth-order valence-corrected chi connectivity index (χ4v) is 2.72. The zero-order chi connectivity index (χ0) is 16.2. The molecule has 0 bridgehead atoms. The Morgan fingerprint density at radius 1 is 1.30 bits per heavy atom. The first-order chi connectivity index (χ1) is 11.2. The minimum absolute atomic E-state index is 0.115. The van der Waals surface area contributed by atoms with Crippen LogP contribution in [0, 0.1) is 5.92 Å². The fourth-order valence-electron chi connectivity index (χ4n) is 2.72. The molecule has 0 radical (unpaired) electrons. The number of carbonyl (C=O) groups excluding carboxylic acids is 2. The molecule has 1 aliphatic carbocycles. The minimum atomic E-state index is -0.439. The van der Waals surface area contributed by atoms with Crippen LogP contribution in [-0.4, -0.2) is 33.9 Å². The molecule has 1 aromatic heterocycles. The van der Waals surface area contributed by atoms with Gasteiger partial charge in [0.1, 0.15) is 0 Å². The third kappa shape index (κ3) is 3.23. The number of H-pyrrole nitrogens is 1. The van der Waals surface area contributed by atoms with Crippen molar-refractivity contribution in [2.24, 2.45) is 5.92 Å². The third-order valence-electron chi connectivity index (χ3n) is 3.92. The molecule has 1 heterocycles. The van der Waals surface area contributed by atoms with Crippen molar-refractivity contribution in [3.8, 4) is 0 Å². The Bertz CT molecular complexity index is 726. The van der Waals surface area contributed by atoms with Crippen LogP contribution in [-0.2, 0) is 22.4 Å². The van der Waals surface area contributed by atoms with Crippen LogP contribution in [0.25, 0.3) is 0 Å². The molecule has 0 saturated heterocycles. The van der Waals surface area contributed by atoms with E-state index in [1.165, 1.54) is 0 Å². The summed E-state index contributed by atoms with van der Waals surface area (Å²) in [6, 6.07) is 6.86. The van der Waals surface area contributed by atoms with Crippen LogP contribution < -0.4 is 5.32 Å². The van der Waals surface area contributed by atoms with Crippen LogP contribution in [0.2, 0.25) is 0 Å². The maximum Gasteiger partial charge on any atom is 0.340 e. The summed E-state index contributed by atoms with van der Waals surface area (Å²) in [7, 11) is 0. The summed E-state index contributed by atoms with van der Waals surface area (Å²) in [5, 5.41) is 13.6. The number of ether oxygens (including phenoxy) is 1. The van der Waals surface area contributed by atoms with Gasteiger partial charge in [0.2, 0.25) is 5.91 Å². The molecule has 7 nitrogen and oxygen atoms in total. The molecule has 1 unspecified atom stereocenters. The maximum atomic E-state index is 12.5. The summed E-state index contributed by atoms with van der Waals surface area (Å²) in [6.45, 7) is 2.04. The average molecular weight is 314 g/mol. The third-order valence-corrected chi connectivity index (χ3v) is 3.92. The van der Waals surface area contributed by atoms with Crippen molar-refractivity contribution in [2.45, 2.75) is 26.2 Å². The molecule has 1 aromatic carbocycles. The largest absolute Gasteiger partial charge is 0.462 e. The van der Waals surface area contributed by atoms with Crippen molar-refractivity contribution in [3.05, 3.63) is 41.2 Å². The zero-order valence-electron chi connectivity index (χ0n) is 12.8. The highest BCUT2D eigenvalue weighted by atomic mass is 16.5. The number of carbonyl (C=O) groups is 2. The molecule has 0 saturated carbocycles. The number of nitrogens with zero attached hydrogens (tertiary/aromatic N) is 2. The molecular formula is C16H18N4O3. The van der Waals surface area contributed by atoms with Crippen molar-refractivity contribution in [3.63, 3.8) is 0 Å². The molecule has 120 valence electrons. The molecule has 0 fully saturated rings. The number of aryl methyl sites for hydroxylation is 1. The molecule has 1 amide bonds. The quantitative estimate of drug-likeness (QED) is 0.838. The number of nitrogens with one attached hydrogen (secondary N) is 2. The van der Waals surface area contributed by atoms with E-state index in [2.05, 4.69) is 20.7 Å². The number of aromatic nitrogens is 3. The van der Waals surface area contributed by atoms with E-state index < -0.39 is 5.97 Å². The highest BCUT2D eigenvalue weighted by Crippen LogP contribution is 2.24. The van der Waals surface area contributed by atoms with E-state index in [1.807, 2.05) is 0 Å². The van der Waals surface area contributed by atoms with E-state index in [0.29, 0.717) is 30.7 Å². The van der Waals surface area contributed by atoms with Crippen molar-refractivity contribution >= 4 is 17.6 Å². The van der Waals surface area contributed by atoms with Crippen molar-refractivity contribution in [2.75, 3.05) is 11.9 Å². The van der Waals surface area contributed by atoms with E-state index in [-0.39, 0.29) is 11.8 Å².